The molecule has 0 saturated heterocycles. The third kappa shape index (κ3) is 1.76. The van der Waals surface area contributed by atoms with Gasteiger partial charge in [0.15, 0.2) is 0 Å². The third-order valence-corrected chi connectivity index (χ3v) is 2.52. The van der Waals surface area contributed by atoms with Gasteiger partial charge in [-0.25, -0.2) is 4.98 Å². The van der Waals surface area contributed by atoms with Crippen molar-refractivity contribution in [3.63, 3.8) is 0 Å². The van der Waals surface area contributed by atoms with E-state index in [0.717, 1.165) is 28.8 Å². The van der Waals surface area contributed by atoms with Crippen molar-refractivity contribution in [2.45, 2.75) is 6.42 Å². The second kappa shape index (κ2) is 3.95. The van der Waals surface area contributed by atoms with Crippen LogP contribution in [0.4, 0.5) is 0 Å². The van der Waals surface area contributed by atoms with Crippen molar-refractivity contribution in [3.8, 4) is 11.4 Å². The number of imidazole rings is 1. The number of benzene rings is 1. The number of hydrogen-bond acceptors (Lipinski definition) is 5. The molecule has 2 aromatic heterocycles. The topological polar surface area (TPSA) is 109 Å². The molecule has 0 radical (unpaired) electrons. The highest BCUT2D eigenvalue weighted by Crippen LogP contribution is 2.19. The molecule has 7 heteroatoms. The van der Waals surface area contributed by atoms with Crippen LogP contribution in [-0.2, 0) is 6.42 Å². The van der Waals surface area contributed by atoms with Gasteiger partial charge in [-0.2, -0.15) is 5.21 Å². The van der Waals surface area contributed by atoms with E-state index in [4.69, 9.17) is 5.73 Å². The van der Waals surface area contributed by atoms with E-state index in [2.05, 4.69) is 30.6 Å². The molecule has 1 aromatic carbocycles. The molecule has 2 heterocycles. The lowest BCUT2D eigenvalue weighted by molar-refractivity contribution is 0.881. The van der Waals surface area contributed by atoms with Crippen LogP contribution in [0.2, 0.25) is 0 Å². The molecule has 0 aliphatic carbocycles. The van der Waals surface area contributed by atoms with Crippen LogP contribution in [0.15, 0.2) is 18.2 Å². The van der Waals surface area contributed by atoms with Crippen molar-refractivity contribution >= 4 is 11.0 Å². The van der Waals surface area contributed by atoms with E-state index in [1.54, 1.807) is 0 Å². The summed E-state index contributed by atoms with van der Waals surface area (Å²) in [6.45, 7) is 0.581. The summed E-state index contributed by atoms with van der Waals surface area (Å²) in [6.07, 6.45) is 0.742. The fourth-order valence-corrected chi connectivity index (χ4v) is 1.74. The molecule has 4 N–H and O–H groups in total. The smallest absolute Gasteiger partial charge is 0.204 e. The Morgan fingerprint density at radius 2 is 2.24 bits per heavy atom. The molecule has 3 aromatic rings. The third-order valence-electron chi connectivity index (χ3n) is 2.52. The Hall–Kier alpha value is -2.28. The zero-order valence-electron chi connectivity index (χ0n) is 9.01. The fraction of sp³-hybridized carbons (Fsp3) is 0.200. The van der Waals surface area contributed by atoms with Gasteiger partial charge in [-0.05, 0) is 30.0 Å². The van der Waals surface area contributed by atoms with Crippen LogP contribution in [0.1, 0.15) is 5.82 Å². The predicted octanol–water partition coefficient (Wildman–Crippen LogP) is 0.244. The van der Waals surface area contributed by atoms with E-state index in [-0.39, 0.29) is 0 Å². The fourth-order valence-electron chi connectivity index (χ4n) is 1.74. The van der Waals surface area contributed by atoms with E-state index >= 15 is 0 Å². The van der Waals surface area contributed by atoms with Crippen LogP contribution in [0.25, 0.3) is 22.4 Å². The maximum atomic E-state index is 5.50. The zero-order valence-corrected chi connectivity index (χ0v) is 9.01. The summed E-state index contributed by atoms with van der Waals surface area (Å²) in [7, 11) is 0. The Kier molecular flexibility index (Phi) is 2.30. The summed E-state index contributed by atoms with van der Waals surface area (Å²) in [5.74, 6) is 1.47. The molecule has 0 bridgehead atoms. The van der Waals surface area contributed by atoms with Crippen molar-refractivity contribution in [2.24, 2.45) is 5.73 Å². The van der Waals surface area contributed by atoms with Crippen molar-refractivity contribution in [1.82, 2.24) is 30.6 Å². The number of aromatic amines is 2. The first-order chi connectivity index (χ1) is 8.36. The molecule has 0 atom stereocenters. The van der Waals surface area contributed by atoms with E-state index < -0.39 is 0 Å². The number of nitrogens with one attached hydrogen (secondary N) is 2. The first-order valence-electron chi connectivity index (χ1n) is 5.29. The van der Waals surface area contributed by atoms with Gasteiger partial charge >= 0.3 is 0 Å². The van der Waals surface area contributed by atoms with Crippen LogP contribution >= 0.6 is 0 Å². The summed E-state index contributed by atoms with van der Waals surface area (Å²) in [5, 5.41) is 13.8. The Bertz CT molecular complexity index is 625. The van der Waals surface area contributed by atoms with Gasteiger partial charge in [0, 0.05) is 12.0 Å². The standard InChI is InChI=1S/C10H11N7/c11-4-3-9-12-7-2-1-6(5-8(7)13-9)10-14-16-17-15-10/h1-2,5H,3-4,11H2,(H,12,13)(H,14,15,16,17). The van der Waals surface area contributed by atoms with E-state index in [1.807, 2.05) is 18.2 Å². The highest BCUT2D eigenvalue weighted by molar-refractivity contribution is 5.80. The van der Waals surface area contributed by atoms with Gasteiger partial charge in [-0.15, -0.1) is 10.2 Å². The van der Waals surface area contributed by atoms with Crippen molar-refractivity contribution in [3.05, 3.63) is 24.0 Å². The maximum Gasteiger partial charge on any atom is 0.204 e. The summed E-state index contributed by atoms with van der Waals surface area (Å²) < 4.78 is 0. The molecule has 7 nitrogen and oxygen atoms in total. The van der Waals surface area contributed by atoms with Crippen LogP contribution in [0.5, 0.6) is 0 Å². The van der Waals surface area contributed by atoms with Crippen molar-refractivity contribution in [2.75, 3.05) is 6.54 Å². The van der Waals surface area contributed by atoms with Gasteiger partial charge < -0.3 is 10.7 Å². The summed E-state index contributed by atoms with van der Waals surface area (Å²) in [5.41, 5.74) is 8.27. The van der Waals surface area contributed by atoms with Crippen molar-refractivity contribution < 1.29 is 0 Å². The lowest BCUT2D eigenvalue weighted by Gasteiger charge is -1.93. The number of tetrazole rings is 1. The molecule has 86 valence electrons. The quantitative estimate of drug-likeness (QED) is 0.596. The monoisotopic (exact) mass is 229 g/mol. The number of nitrogens with two attached hydrogens (primary N) is 1. The van der Waals surface area contributed by atoms with Crippen LogP contribution in [0.3, 0.4) is 0 Å². The van der Waals surface area contributed by atoms with Gasteiger partial charge in [-0.1, -0.05) is 0 Å². The first-order valence-corrected chi connectivity index (χ1v) is 5.29. The molecule has 0 aliphatic heterocycles. The van der Waals surface area contributed by atoms with Gasteiger partial charge in [0.1, 0.15) is 5.82 Å². The molecule has 0 spiro atoms. The minimum Gasteiger partial charge on any atom is -0.342 e. The largest absolute Gasteiger partial charge is 0.342 e. The average molecular weight is 229 g/mol. The highest BCUT2D eigenvalue weighted by Gasteiger charge is 2.06. The van der Waals surface area contributed by atoms with Gasteiger partial charge in [0.2, 0.25) is 5.82 Å². The number of hydrogen-bond donors (Lipinski definition) is 3. The van der Waals surface area contributed by atoms with E-state index in [1.165, 1.54) is 0 Å². The van der Waals surface area contributed by atoms with E-state index in [9.17, 15) is 0 Å². The normalized spacial score (nSPS) is 11.1. The second-order valence-electron chi connectivity index (χ2n) is 3.69. The van der Waals surface area contributed by atoms with Crippen LogP contribution in [0, 0.1) is 0 Å². The minimum atomic E-state index is 0.571. The SMILES string of the molecule is NCCc1nc2ccc(-c3nn[nH]n3)cc2[nH]1. The zero-order chi connectivity index (χ0) is 11.7. The molecule has 3 rings (SSSR count). The number of H-pyrrole nitrogens is 2. The molecular weight excluding hydrogens is 218 g/mol. The minimum absolute atomic E-state index is 0.571. The van der Waals surface area contributed by atoms with Gasteiger partial charge in [-0.3, -0.25) is 0 Å². The van der Waals surface area contributed by atoms with Gasteiger partial charge in [0.25, 0.3) is 0 Å². The Balaban J connectivity index is 2.06. The maximum absolute atomic E-state index is 5.50. The van der Waals surface area contributed by atoms with Crippen LogP contribution in [-0.4, -0.2) is 37.1 Å². The summed E-state index contributed by atoms with van der Waals surface area (Å²) in [6, 6.07) is 5.80. The van der Waals surface area contributed by atoms with E-state index in [0.29, 0.717) is 12.4 Å². The molecule has 0 amide bonds. The molecule has 0 aliphatic rings. The molecular formula is C10H11N7. The molecule has 0 unspecified atom stereocenters. The average Bonchev–Trinajstić information content (AvgIpc) is 2.96. The van der Waals surface area contributed by atoms with Crippen molar-refractivity contribution in [1.29, 1.82) is 0 Å². The summed E-state index contributed by atoms with van der Waals surface area (Å²) >= 11 is 0. The van der Waals surface area contributed by atoms with Gasteiger partial charge in [0.05, 0.1) is 11.0 Å². The van der Waals surface area contributed by atoms with Crippen LogP contribution < -0.4 is 5.73 Å². The number of nitrogens with zero attached hydrogens (tertiary/aromatic N) is 4. The number of fused-ring (bicyclic) bond motifs is 1. The second-order valence-corrected chi connectivity index (χ2v) is 3.69. The molecule has 0 fully saturated rings. The first kappa shape index (κ1) is 9.91. The Morgan fingerprint density at radius 1 is 1.29 bits per heavy atom. The summed E-state index contributed by atoms with van der Waals surface area (Å²) in [4.78, 5) is 7.65. The lowest BCUT2D eigenvalue weighted by atomic mass is 10.2. The Morgan fingerprint density at radius 3 is 3.00 bits per heavy atom. The number of rotatable bonds is 3. The predicted molar refractivity (Wildman–Crippen MR) is 62.0 cm³/mol. The number of aromatic nitrogens is 6. The molecule has 17 heavy (non-hydrogen) atoms. The Labute approximate surface area is 96.4 Å². The highest BCUT2D eigenvalue weighted by atomic mass is 15.5. The molecule has 0 saturated carbocycles. The lowest BCUT2D eigenvalue weighted by Crippen LogP contribution is -2.03.